The molecule has 4 heteroatoms. The minimum Gasteiger partial charge on any atom is -0.388 e. The summed E-state index contributed by atoms with van der Waals surface area (Å²) in [5, 5.41) is 16.9. The van der Waals surface area contributed by atoms with E-state index in [0.29, 0.717) is 6.54 Å². The Balaban J connectivity index is 2.43. The summed E-state index contributed by atoms with van der Waals surface area (Å²) >= 11 is 0. The van der Waals surface area contributed by atoms with Gasteiger partial charge in [-0.2, -0.15) is 0 Å². The van der Waals surface area contributed by atoms with Gasteiger partial charge in [0.15, 0.2) is 5.96 Å². The fraction of sp³-hybridized carbons (Fsp3) is 0.824. The zero-order chi connectivity index (χ0) is 15.6. The molecule has 1 aliphatic rings. The molecule has 122 valence electrons. The van der Waals surface area contributed by atoms with Gasteiger partial charge in [-0.1, -0.05) is 25.5 Å². The molecule has 3 N–H and O–H groups in total. The van der Waals surface area contributed by atoms with Crippen LogP contribution < -0.4 is 10.6 Å². The lowest BCUT2D eigenvalue weighted by Crippen LogP contribution is -2.40. The molecule has 1 rings (SSSR count). The standard InChI is InChI=1S/C17H33N3O/c1-4-17(21,5-2)14-20-16(18-6-3)19-13-12-15-10-8-7-9-11-15/h10,21H,4-9,11-14H2,1-3H3,(H2,18,19,20). The highest BCUT2D eigenvalue weighted by Gasteiger charge is 2.21. The van der Waals surface area contributed by atoms with Crippen LogP contribution in [0.3, 0.4) is 0 Å². The molecule has 0 heterocycles. The highest BCUT2D eigenvalue weighted by Crippen LogP contribution is 2.19. The Morgan fingerprint density at radius 1 is 1.24 bits per heavy atom. The Kier molecular flexibility index (Phi) is 8.43. The first-order valence-corrected chi connectivity index (χ1v) is 8.56. The quantitative estimate of drug-likeness (QED) is 0.366. The van der Waals surface area contributed by atoms with Gasteiger partial charge in [0.1, 0.15) is 0 Å². The molecule has 0 aromatic heterocycles. The first-order valence-electron chi connectivity index (χ1n) is 8.56. The Labute approximate surface area is 130 Å². The number of hydrogen-bond donors (Lipinski definition) is 3. The van der Waals surface area contributed by atoms with Gasteiger partial charge < -0.3 is 15.7 Å². The van der Waals surface area contributed by atoms with E-state index in [2.05, 4.69) is 28.6 Å². The average molecular weight is 295 g/mol. The molecule has 4 nitrogen and oxygen atoms in total. The van der Waals surface area contributed by atoms with E-state index in [9.17, 15) is 5.11 Å². The number of aliphatic imine (C=N–C) groups is 1. The first kappa shape index (κ1) is 18.0. The van der Waals surface area contributed by atoms with Crippen molar-refractivity contribution in [2.45, 2.75) is 71.3 Å². The van der Waals surface area contributed by atoms with Gasteiger partial charge in [-0.05, 0) is 51.9 Å². The number of aliphatic hydroxyl groups is 1. The highest BCUT2D eigenvalue weighted by atomic mass is 16.3. The van der Waals surface area contributed by atoms with Crippen LogP contribution in [0.25, 0.3) is 0 Å². The summed E-state index contributed by atoms with van der Waals surface area (Å²) in [5.41, 5.74) is 0.900. The van der Waals surface area contributed by atoms with E-state index in [1.165, 1.54) is 25.7 Å². The van der Waals surface area contributed by atoms with Crippen LogP contribution in [-0.2, 0) is 0 Å². The van der Waals surface area contributed by atoms with Gasteiger partial charge in [-0.25, -0.2) is 0 Å². The van der Waals surface area contributed by atoms with Gasteiger partial charge in [0.2, 0.25) is 0 Å². The van der Waals surface area contributed by atoms with E-state index in [4.69, 9.17) is 0 Å². The Hall–Kier alpha value is -1.03. The van der Waals surface area contributed by atoms with E-state index >= 15 is 0 Å². The van der Waals surface area contributed by atoms with Crippen molar-refractivity contribution in [1.29, 1.82) is 0 Å². The average Bonchev–Trinajstić information content (AvgIpc) is 2.53. The van der Waals surface area contributed by atoms with E-state index in [1.807, 2.05) is 13.8 Å². The third-order valence-electron chi connectivity index (χ3n) is 4.32. The van der Waals surface area contributed by atoms with Gasteiger partial charge in [-0.3, -0.25) is 4.99 Å². The zero-order valence-corrected chi connectivity index (χ0v) is 14.0. The minimum atomic E-state index is -0.672. The van der Waals surface area contributed by atoms with Gasteiger partial charge in [0, 0.05) is 13.1 Å². The van der Waals surface area contributed by atoms with Crippen LogP contribution in [0.15, 0.2) is 16.6 Å². The second-order valence-corrected chi connectivity index (χ2v) is 5.91. The van der Waals surface area contributed by atoms with Crippen molar-refractivity contribution in [3.8, 4) is 0 Å². The Bertz CT molecular complexity index is 346. The molecule has 0 atom stereocenters. The summed E-state index contributed by atoms with van der Waals surface area (Å²) < 4.78 is 0. The summed E-state index contributed by atoms with van der Waals surface area (Å²) in [4.78, 5) is 4.53. The Morgan fingerprint density at radius 3 is 2.57 bits per heavy atom. The number of allylic oxidation sites excluding steroid dienone is 1. The second kappa shape index (κ2) is 9.82. The lowest BCUT2D eigenvalue weighted by atomic mass is 9.97. The molecule has 0 saturated heterocycles. The molecule has 0 aromatic rings. The van der Waals surface area contributed by atoms with Gasteiger partial charge in [0.25, 0.3) is 0 Å². The number of nitrogens with one attached hydrogen (secondary N) is 2. The maximum Gasteiger partial charge on any atom is 0.191 e. The minimum absolute atomic E-state index is 0.456. The molecule has 0 radical (unpaired) electrons. The van der Waals surface area contributed by atoms with Crippen molar-refractivity contribution in [2.24, 2.45) is 4.99 Å². The van der Waals surface area contributed by atoms with Crippen LogP contribution in [-0.4, -0.2) is 36.3 Å². The van der Waals surface area contributed by atoms with Crippen molar-refractivity contribution in [3.63, 3.8) is 0 Å². The van der Waals surface area contributed by atoms with Crippen LogP contribution in [0, 0.1) is 0 Å². The van der Waals surface area contributed by atoms with Crippen LogP contribution >= 0.6 is 0 Å². The van der Waals surface area contributed by atoms with Gasteiger partial charge in [-0.15, -0.1) is 0 Å². The highest BCUT2D eigenvalue weighted by molar-refractivity contribution is 5.79. The summed E-state index contributed by atoms with van der Waals surface area (Å²) in [6.07, 6.45) is 10.1. The molecular formula is C17H33N3O. The molecule has 0 fully saturated rings. The van der Waals surface area contributed by atoms with E-state index in [-0.39, 0.29) is 0 Å². The molecule has 1 aliphatic carbocycles. The van der Waals surface area contributed by atoms with Crippen molar-refractivity contribution in [1.82, 2.24) is 10.6 Å². The smallest absolute Gasteiger partial charge is 0.191 e. The second-order valence-electron chi connectivity index (χ2n) is 5.91. The van der Waals surface area contributed by atoms with E-state index in [0.717, 1.165) is 38.3 Å². The molecule has 0 amide bonds. The summed E-state index contributed by atoms with van der Waals surface area (Å²) in [5.74, 6) is 0.814. The third kappa shape index (κ3) is 6.98. The maximum atomic E-state index is 10.3. The summed E-state index contributed by atoms with van der Waals surface area (Å²) in [6.45, 7) is 8.29. The van der Waals surface area contributed by atoms with Gasteiger partial charge in [0.05, 0.1) is 12.1 Å². The molecule has 0 aromatic carbocycles. The third-order valence-corrected chi connectivity index (χ3v) is 4.32. The lowest BCUT2D eigenvalue weighted by Gasteiger charge is -2.23. The summed E-state index contributed by atoms with van der Waals surface area (Å²) in [7, 11) is 0. The Morgan fingerprint density at radius 2 is 2.00 bits per heavy atom. The monoisotopic (exact) mass is 295 g/mol. The maximum absolute atomic E-state index is 10.3. The molecular weight excluding hydrogens is 262 g/mol. The number of guanidine groups is 1. The van der Waals surface area contributed by atoms with Crippen LogP contribution in [0.1, 0.15) is 65.7 Å². The predicted molar refractivity (Wildman–Crippen MR) is 90.7 cm³/mol. The van der Waals surface area contributed by atoms with Crippen LogP contribution in [0.5, 0.6) is 0 Å². The van der Waals surface area contributed by atoms with Crippen molar-refractivity contribution < 1.29 is 5.11 Å². The largest absolute Gasteiger partial charge is 0.388 e. The zero-order valence-electron chi connectivity index (χ0n) is 14.0. The molecule has 0 aliphatic heterocycles. The van der Waals surface area contributed by atoms with Crippen molar-refractivity contribution >= 4 is 5.96 Å². The lowest BCUT2D eigenvalue weighted by molar-refractivity contribution is 0.0418. The molecule has 0 unspecified atom stereocenters. The van der Waals surface area contributed by atoms with Gasteiger partial charge >= 0.3 is 0 Å². The predicted octanol–water partition coefficient (Wildman–Crippen LogP) is 2.98. The van der Waals surface area contributed by atoms with E-state index < -0.39 is 5.60 Å². The number of rotatable bonds is 8. The number of nitrogens with zero attached hydrogens (tertiary/aromatic N) is 1. The molecule has 0 bridgehead atoms. The first-order chi connectivity index (χ1) is 10.1. The normalized spacial score (nSPS) is 16.6. The van der Waals surface area contributed by atoms with Crippen LogP contribution in [0.4, 0.5) is 0 Å². The van der Waals surface area contributed by atoms with Crippen LogP contribution in [0.2, 0.25) is 0 Å². The fourth-order valence-corrected chi connectivity index (χ4v) is 2.51. The number of hydrogen-bond acceptors (Lipinski definition) is 2. The molecule has 0 saturated carbocycles. The summed E-state index contributed by atoms with van der Waals surface area (Å²) in [6, 6.07) is 0. The molecule has 21 heavy (non-hydrogen) atoms. The van der Waals surface area contributed by atoms with Crippen molar-refractivity contribution in [2.75, 3.05) is 19.6 Å². The fourth-order valence-electron chi connectivity index (χ4n) is 2.51. The topological polar surface area (TPSA) is 56.7 Å². The van der Waals surface area contributed by atoms with Crippen molar-refractivity contribution in [3.05, 3.63) is 11.6 Å². The molecule has 0 spiro atoms. The van der Waals surface area contributed by atoms with E-state index in [1.54, 1.807) is 5.57 Å². The SMILES string of the molecule is CCNC(=NCC(O)(CC)CC)NCCC1=CCCCC1.